The maximum atomic E-state index is 12.8. The monoisotopic (exact) mass is 332 g/mol. The van der Waals surface area contributed by atoms with Crippen LogP contribution in [-0.4, -0.2) is 17.8 Å². The van der Waals surface area contributed by atoms with Crippen LogP contribution in [0.4, 0.5) is 10.5 Å². The number of hydrogen-bond donors (Lipinski definition) is 1. The summed E-state index contributed by atoms with van der Waals surface area (Å²) in [5.41, 5.74) is 3.76. The molecule has 5 heteroatoms. The highest BCUT2D eigenvalue weighted by molar-refractivity contribution is 6.39. The van der Waals surface area contributed by atoms with E-state index in [1.807, 2.05) is 18.2 Å². The predicted octanol–water partition coefficient (Wildman–Crippen LogP) is 2.84. The normalized spacial score (nSPS) is 18.5. The fraction of sp³-hybridized carbons (Fsp3) is 0.150. The van der Waals surface area contributed by atoms with Crippen LogP contribution < -0.4 is 10.2 Å². The van der Waals surface area contributed by atoms with Crippen molar-refractivity contribution in [2.45, 2.75) is 19.3 Å². The van der Waals surface area contributed by atoms with Crippen molar-refractivity contribution in [3.05, 3.63) is 70.8 Å². The highest BCUT2D eigenvalue weighted by atomic mass is 16.2. The number of nitrogens with one attached hydrogen (secondary N) is 1. The third kappa shape index (κ3) is 2.74. The van der Waals surface area contributed by atoms with Crippen LogP contribution in [0.2, 0.25) is 0 Å². The van der Waals surface area contributed by atoms with Gasteiger partial charge >= 0.3 is 6.03 Å². The Kier molecular flexibility index (Phi) is 3.69. The predicted molar refractivity (Wildman–Crippen MR) is 93.9 cm³/mol. The number of urea groups is 1. The van der Waals surface area contributed by atoms with Crippen molar-refractivity contribution in [1.29, 1.82) is 0 Å². The lowest BCUT2D eigenvalue weighted by molar-refractivity contribution is -0.122. The van der Waals surface area contributed by atoms with E-state index in [0.29, 0.717) is 5.69 Å². The molecule has 4 amide bonds. The van der Waals surface area contributed by atoms with Crippen LogP contribution in [0.3, 0.4) is 0 Å². The SMILES string of the molecule is O=C1NC(=O)N(c2ccccc2)C(=O)/C1=C\c1ccc2c(c1)CCC2. The summed E-state index contributed by atoms with van der Waals surface area (Å²) in [7, 11) is 0. The van der Waals surface area contributed by atoms with E-state index in [4.69, 9.17) is 0 Å². The Morgan fingerprint density at radius 2 is 1.68 bits per heavy atom. The number of anilines is 1. The summed E-state index contributed by atoms with van der Waals surface area (Å²) >= 11 is 0. The Morgan fingerprint density at radius 3 is 2.48 bits per heavy atom. The topological polar surface area (TPSA) is 66.5 Å². The molecular formula is C20H16N2O3. The molecule has 124 valence electrons. The van der Waals surface area contributed by atoms with Crippen molar-refractivity contribution < 1.29 is 14.4 Å². The molecule has 1 heterocycles. The lowest BCUT2D eigenvalue weighted by atomic mass is 10.0. The number of carbonyl (C=O) groups excluding carboxylic acids is 3. The van der Waals surface area contributed by atoms with Gasteiger partial charge in [-0.25, -0.2) is 9.69 Å². The smallest absolute Gasteiger partial charge is 0.273 e. The maximum Gasteiger partial charge on any atom is 0.335 e. The third-order valence-corrected chi connectivity index (χ3v) is 4.55. The molecule has 0 radical (unpaired) electrons. The van der Waals surface area contributed by atoms with Gasteiger partial charge in [-0.3, -0.25) is 14.9 Å². The number of hydrogen-bond acceptors (Lipinski definition) is 3. The first-order valence-corrected chi connectivity index (χ1v) is 8.22. The van der Waals surface area contributed by atoms with Gasteiger partial charge in [-0.15, -0.1) is 0 Å². The maximum absolute atomic E-state index is 12.8. The number of amides is 4. The molecule has 0 spiro atoms. The van der Waals surface area contributed by atoms with E-state index in [1.54, 1.807) is 36.4 Å². The van der Waals surface area contributed by atoms with Crippen LogP contribution in [0.1, 0.15) is 23.1 Å². The molecule has 5 nitrogen and oxygen atoms in total. The second-order valence-electron chi connectivity index (χ2n) is 6.18. The number of nitrogens with zero attached hydrogens (tertiary/aromatic N) is 1. The first-order valence-electron chi connectivity index (χ1n) is 8.22. The lowest BCUT2D eigenvalue weighted by Gasteiger charge is -2.26. The largest absolute Gasteiger partial charge is 0.335 e. The average molecular weight is 332 g/mol. The van der Waals surface area contributed by atoms with Crippen molar-refractivity contribution in [1.82, 2.24) is 5.32 Å². The molecule has 1 fully saturated rings. The minimum Gasteiger partial charge on any atom is -0.273 e. The zero-order valence-electron chi connectivity index (χ0n) is 13.5. The van der Waals surface area contributed by atoms with Gasteiger partial charge in [0.2, 0.25) is 0 Å². The molecule has 2 aliphatic rings. The summed E-state index contributed by atoms with van der Waals surface area (Å²) < 4.78 is 0. The Hall–Kier alpha value is -3.21. The summed E-state index contributed by atoms with van der Waals surface area (Å²) in [6, 6.07) is 13.8. The second kappa shape index (κ2) is 6.02. The first kappa shape index (κ1) is 15.3. The van der Waals surface area contributed by atoms with Crippen molar-refractivity contribution in [3.63, 3.8) is 0 Å². The Morgan fingerprint density at radius 1 is 0.920 bits per heavy atom. The fourth-order valence-electron chi connectivity index (χ4n) is 3.32. The van der Waals surface area contributed by atoms with Gasteiger partial charge < -0.3 is 0 Å². The number of imide groups is 2. The molecule has 4 rings (SSSR count). The number of para-hydroxylation sites is 1. The molecule has 1 saturated heterocycles. The summed E-state index contributed by atoms with van der Waals surface area (Å²) in [5, 5.41) is 2.24. The van der Waals surface area contributed by atoms with Crippen LogP contribution in [0.15, 0.2) is 54.1 Å². The van der Waals surface area contributed by atoms with E-state index in [1.165, 1.54) is 11.1 Å². The standard InChI is InChI=1S/C20H16N2O3/c23-18-17(12-13-9-10-14-5-4-6-15(14)11-13)19(24)22(20(25)21-18)16-7-2-1-3-8-16/h1-3,7-12H,4-6H2,(H,21,23,25)/b17-12-. The molecule has 0 saturated carbocycles. The number of benzene rings is 2. The highest BCUT2D eigenvalue weighted by Gasteiger charge is 2.36. The van der Waals surface area contributed by atoms with Crippen molar-refractivity contribution in [2.24, 2.45) is 0 Å². The molecule has 0 bridgehead atoms. The number of barbiturate groups is 1. The molecular weight excluding hydrogens is 316 g/mol. The second-order valence-corrected chi connectivity index (χ2v) is 6.18. The molecule has 0 aromatic heterocycles. The van der Waals surface area contributed by atoms with Crippen molar-refractivity contribution in [3.8, 4) is 0 Å². The molecule has 1 aliphatic carbocycles. The van der Waals surface area contributed by atoms with Gasteiger partial charge in [0.05, 0.1) is 5.69 Å². The summed E-state index contributed by atoms with van der Waals surface area (Å²) in [5.74, 6) is -1.27. The van der Waals surface area contributed by atoms with Crippen LogP contribution >= 0.6 is 0 Å². The Balaban J connectivity index is 1.72. The van der Waals surface area contributed by atoms with Crippen LogP contribution in [0.5, 0.6) is 0 Å². The zero-order valence-corrected chi connectivity index (χ0v) is 13.5. The Labute approximate surface area is 145 Å². The van der Waals surface area contributed by atoms with Gasteiger partial charge in [-0.05, 0) is 54.2 Å². The van der Waals surface area contributed by atoms with Gasteiger partial charge in [0, 0.05) is 0 Å². The minimum absolute atomic E-state index is 0.0404. The molecule has 0 unspecified atom stereocenters. The summed E-state index contributed by atoms with van der Waals surface area (Å²) in [4.78, 5) is 38.0. The molecule has 1 aliphatic heterocycles. The summed E-state index contributed by atoms with van der Waals surface area (Å²) in [6.45, 7) is 0. The zero-order chi connectivity index (χ0) is 17.4. The van der Waals surface area contributed by atoms with Gasteiger partial charge in [-0.2, -0.15) is 0 Å². The lowest BCUT2D eigenvalue weighted by Crippen LogP contribution is -2.54. The van der Waals surface area contributed by atoms with E-state index in [0.717, 1.165) is 29.7 Å². The van der Waals surface area contributed by atoms with Crippen LogP contribution in [0, 0.1) is 0 Å². The Bertz CT molecular complexity index is 916. The number of carbonyl (C=O) groups is 3. The third-order valence-electron chi connectivity index (χ3n) is 4.55. The van der Waals surface area contributed by atoms with Crippen molar-refractivity contribution in [2.75, 3.05) is 4.90 Å². The van der Waals surface area contributed by atoms with Crippen molar-refractivity contribution >= 4 is 29.6 Å². The van der Waals surface area contributed by atoms with Crippen LogP contribution in [0.25, 0.3) is 6.08 Å². The first-order chi connectivity index (χ1) is 12.1. The number of aryl methyl sites for hydroxylation is 2. The van der Waals surface area contributed by atoms with E-state index in [-0.39, 0.29) is 5.57 Å². The number of fused-ring (bicyclic) bond motifs is 1. The van der Waals surface area contributed by atoms with Gasteiger partial charge in [0.15, 0.2) is 0 Å². The molecule has 1 N–H and O–H groups in total. The van der Waals surface area contributed by atoms with E-state index < -0.39 is 17.8 Å². The fourth-order valence-corrected chi connectivity index (χ4v) is 3.32. The molecule has 2 aromatic rings. The quantitative estimate of drug-likeness (QED) is 0.679. The average Bonchev–Trinajstić information content (AvgIpc) is 3.07. The van der Waals surface area contributed by atoms with Crippen LogP contribution in [-0.2, 0) is 22.4 Å². The van der Waals surface area contributed by atoms with E-state index in [2.05, 4.69) is 5.32 Å². The molecule has 0 atom stereocenters. The molecule has 25 heavy (non-hydrogen) atoms. The van der Waals surface area contributed by atoms with Gasteiger partial charge in [0.25, 0.3) is 11.8 Å². The van der Waals surface area contributed by atoms with E-state index >= 15 is 0 Å². The van der Waals surface area contributed by atoms with Gasteiger partial charge in [0.1, 0.15) is 5.57 Å². The number of rotatable bonds is 2. The highest BCUT2D eigenvalue weighted by Crippen LogP contribution is 2.25. The summed E-state index contributed by atoms with van der Waals surface area (Å²) in [6.07, 6.45) is 4.77. The van der Waals surface area contributed by atoms with E-state index in [9.17, 15) is 14.4 Å². The van der Waals surface area contributed by atoms with Gasteiger partial charge in [-0.1, -0.05) is 36.4 Å². The molecule has 2 aromatic carbocycles. The minimum atomic E-state index is -0.729.